The molecule has 1 aliphatic heterocycles. The van der Waals surface area contributed by atoms with Gasteiger partial charge in [0.15, 0.2) is 0 Å². The Hall–Kier alpha value is -2.34. The summed E-state index contributed by atoms with van der Waals surface area (Å²) < 4.78 is 5.71. The molecule has 154 valence electrons. The fraction of sp³-hybridized carbons (Fsp3) is 0.217. The quantitative estimate of drug-likeness (QED) is 0.397. The Balaban J connectivity index is 1.77. The predicted octanol–water partition coefficient (Wildman–Crippen LogP) is 6.72. The highest BCUT2D eigenvalue weighted by molar-refractivity contribution is 7.19. The van der Waals surface area contributed by atoms with Gasteiger partial charge in [-0.15, -0.1) is 11.3 Å². The summed E-state index contributed by atoms with van der Waals surface area (Å²) in [7, 11) is 0. The Bertz CT molecular complexity index is 1130. The minimum absolute atomic E-state index is 0.337. The molecule has 2 aromatic carbocycles. The zero-order valence-electron chi connectivity index (χ0n) is 16.4. The van der Waals surface area contributed by atoms with Crippen molar-refractivity contribution < 1.29 is 14.3 Å². The van der Waals surface area contributed by atoms with E-state index in [1.807, 2.05) is 56.3 Å². The molecule has 3 aromatic rings. The van der Waals surface area contributed by atoms with E-state index in [0.717, 1.165) is 27.9 Å². The summed E-state index contributed by atoms with van der Waals surface area (Å²) in [5.74, 6) is 0. The van der Waals surface area contributed by atoms with E-state index in [-0.39, 0.29) is 0 Å². The van der Waals surface area contributed by atoms with Crippen LogP contribution in [0.5, 0.6) is 0 Å². The van der Waals surface area contributed by atoms with Gasteiger partial charge in [0.05, 0.1) is 0 Å². The third kappa shape index (κ3) is 3.97. The number of hydrogen-bond acceptors (Lipinski definition) is 4. The lowest BCUT2D eigenvalue weighted by Gasteiger charge is -2.38. The maximum Gasteiger partial charge on any atom is 0.416 e. The number of anilines is 1. The third-order valence-electron chi connectivity index (χ3n) is 5.05. The molecule has 1 aliphatic rings. The van der Waals surface area contributed by atoms with Crippen molar-refractivity contribution in [3.63, 3.8) is 0 Å². The van der Waals surface area contributed by atoms with Gasteiger partial charge in [0.25, 0.3) is 0 Å². The van der Waals surface area contributed by atoms with Crippen LogP contribution in [0.4, 0.5) is 9.80 Å². The number of carbonyl (C=O) groups is 2. The van der Waals surface area contributed by atoms with Gasteiger partial charge in [-0.2, -0.15) is 0 Å². The minimum Gasteiger partial charge on any atom is -0.438 e. The molecule has 1 unspecified atom stereocenters. The molecule has 0 radical (unpaired) electrons. The summed E-state index contributed by atoms with van der Waals surface area (Å²) >= 11 is 13.7. The average molecular weight is 460 g/mol. The standard InChI is InChI=1S/C23H19Cl2NO3S/c1-23(2)19-12-20(15-6-4-8-17(25)11-15)30-21(19)26(22(28)29-23)18(13-27)10-14-5-3-7-16(24)9-14/h3-9,11-13,18H,10H2,1-2H3. The van der Waals surface area contributed by atoms with Crippen molar-refractivity contribution in [2.24, 2.45) is 0 Å². The van der Waals surface area contributed by atoms with Gasteiger partial charge in [0, 0.05) is 26.9 Å². The first-order valence-corrected chi connectivity index (χ1v) is 11.0. The molecule has 30 heavy (non-hydrogen) atoms. The molecule has 1 aromatic heterocycles. The van der Waals surface area contributed by atoms with Gasteiger partial charge >= 0.3 is 6.09 Å². The summed E-state index contributed by atoms with van der Waals surface area (Å²) in [5.41, 5.74) is 1.87. The topological polar surface area (TPSA) is 46.6 Å². The maximum atomic E-state index is 12.9. The van der Waals surface area contributed by atoms with E-state index in [1.165, 1.54) is 16.2 Å². The summed E-state index contributed by atoms with van der Waals surface area (Å²) in [6.07, 6.45) is 0.582. The number of benzene rings is 2. The molecule has 7 heteroatoms. The van der Waals surface area contributed by atoms with Gasteiger partial charge in [-0.3, -0.25) is 4.90 Å². The first kappa shape index (κ1) is 20.9. The zero-order chi connectivity index (χ0) is 21.5. The molecule has 0 fully saturated rings. The van der Waals surface area contributed by atoms with E-state index in [9.17, 15) is 9.59 Å². The lowest BCUT2D eigenvalue weighted by Crippen LogP contribution is -2.49. The van der Waals surface area contributed by atoms with Gasteiger partial charge < -0.3 is 9.53 Å². The molecule has 0 saturated carbocycles. The Morgan fingerprint density at radius 3 is 2.47 bits per heavy atom. The van der Waals surface area contributed by atoms with Crippen molar-refractivity contribution in [1.82, 2.24) is 0 Å². The molecule has 4 nitrogen and oxygen atoms in total. The second kappa shape index (κ2) is 8.06. The molecule has 0 spiro atoms. The monoisotopic (exact) mass is 459 g/mol. The number of ether oxygens (including phenoxy) is 1. The Labute approximate surface area is 189 Å². The third-order valence-corrected chi connectivity index (χ3v) is 6.70. The van der Waals surface area contributed by atoms with Crippen LogP contribution >= 0.6 is 34.5 Å². The molecule has 0 saturated heterocycles. The number of thiophene rings is 1. The number of halogens is 2. The van der Waals surface area contributed by atoms with Crippen molar-refractivity contribution in [1.29, 1.82) is 0 Å². The Kier molecular flexibility index (Phi) is 5.62. The van der Waals surface area contributed by atoms with E-state index < -0.39 is 17.7 Å². The SMILES string of the molecule is CC1(C)OC(=O)N(C(C=O)Cc2cccc(Cl)c2)c2sc(-c3cccc(Cl)c3)cc21. The zero-order valence-corrected chi connectivity index (χ0v) is 18.7. The van der Waals surface area contributed by atoms with Crippen molar-refractivity contribution in [2.45, 2.75) is 31.9 Å². The molecule has 0 N–H and O–H groups in total. The van der Waals surface area contributed by atoms with Gasteiger partial charge in [-0.25, -0.2) is 4.79 Å². The number of hydrogen-bond donors (Lipinski definition) is 0. The van der Waals surface area contributed by atoms with Gasteiger partial charge in [0.2, 0.25) is 0 Å². The van der Waals surface area contributed by atoms with E-state index in [1.54, 1.807) is 12.1 Å². The summed E-state index contributed by atoms with van der Waals surface area (Å²) in [6, 6.07) is 16.1. The number of aldehydes is 1. The summed E-state index contributed by atoms with van der Waals surface area (Å²) in [4.78, 5) is 27.4. The molecule has 4 rings (SSSR count). The first-order chi connectivity index (χ1) is 14.3. The van der Waals surface area contributed by atoms with Crippen molar-refractivity contribution in [3.05, 3.63) is 75.8 Å². The Morgan fingerprint density at radius 2 is 1.80 bits per heavy atom. The predicted molar refractivity (Wildman–Crippen MR) is 122 cm³/mol. The number of carbonyl (C=O) groups excluding carboxylic acids is 2. The normalized spacial score (nSPS) is 16.0. The van der Waals surface area contributed by atoms with Crippen LogP contribution in [0.3, 0.4) is 0 Å². The molecule has 1 amide bonds. The molecule has 2 heterocycles. The smallest absolute Gasteiger partial charge is 0.416 e. The molecule has 1 atom stereocenters. The van der Waals surface area contributed by atoms with Crippen LogP contribution in [-0.2, 0) is 21.6 Å². The molecule has 0 bridgehead atoms. The maximum absolute atomic E-state index is 12.9. The highest BCUT2D eigenvalue weighted by Crippen LogP contribution is 2.48. The number of fused-ring (bicyclic) bond motifs is 1. The summed E-state index contributed by atoms with van der Waals surface area (Å²) in [5, 5.41) is 1.93. The van der Waals surface area contributed by atoms with Crippen LogP contribution in [0.25, 0.3) is 10.4 Å². The summed E-state index contributed by atoms with van der Waals surface area (Å²) in [6.45, 7) is 3.70. The van der Waals surface area contributed by atoms with E-state index >= 15 is 0 Å². The fourth-order valence-electron chi connectivity index (χ4n) is 3.57. The fourth-order valence-corrected chi connectivity index (χ4v) is 5.33. The number of nitrogens with zero attached hydrogens (tertiary/aromatic N) is 1. The van der Waals surface area contributed by atoms with Gasteiger partial charge in [-0.05, 0) is 55.3 Å². The van der Waals surface area contributed by atoms with Crippen molar-refractivity contribution in [2.75, 3.05) is 4.90 Å². The van der Waals surface area contributed by atoms with Crippen LogP contribution in [-0.4, -0.2) is 18.4 Å². The van der Waals surface area contributed by atoms with Crippen LogP contribution in [0.2, 0.25) is 10.0 Å². The van der Waals surface area contributed by atoms with Crippen molar-refractivity contribution >= 4 is 51.9 Å². The van der Waals surface area contributed by atoms with E-state index in [2.05, 4.69) is 0 Å². The highest BCUT2D eigenvalue weighted by Gasteiger charge is 2.43. The minimum atomic E-state index is -0.806. The first-order valence-electron chi connectivity index (χ1n) is 9.40. The van der Waals surface area contributed by atoms with Crippen molar-refractivity contribution in [3.8, 4) is 10.4 Å². The number of amides is 1. The largest absolute Gasteiger partial charge is 0.438 e. The second-order valence-electron chi connectivity index (χ2n) is 7.63. The van der Waals surface area contributed by atoms with Crippen LogP contribution in [0, 0.1) is 0 Å². The van der Waals surface area contributed by atoms with Crippen LogP contribution in [0.15, 0.2) is 54.6 Å². The van der Waals surface area contributed by atoms with Crippen LogP contribution in [0.1, 0.15) is 25.0 Å². The lowest BCUT2D eigenvalue weighted by atomic mass is 9.96. The number of cyclic esters (lactones) is 1. The number of rotatable bonds is 5. The molecule has 0 aliphatic carbocycles. The lowest BCUT2D eigenvalue weighted by molar-refractivity contribution is -0.109. The second-order valence-corrected chi connectivity index (χ2v) is 9.53. The van der Waals surface area contributed by atoms with Crippen LogP contribution < -0.4 is 4.90 Å². The average Bonchev–Trinajstić information content (AvgIpc) is 3.13. The Morgan fingerprint density at radius 1 is 1.10 bits per heavy atom. The molecular weight excluding hydrogens is 441 g/mol. The van der Waals surface area contributed by atoms with E-state index in [4.69, 9.17) is 27.9 Å². The van der Waals surface area contributed by atoms with Gasteiger partial charge in [-0.1, -0.05) is 47.5 Å². The van der Waals surface area contributed by atoms with Gasteiger partial charge in [0.1, 0.15) is 22.9 Å². The van der Waals surface area contributed by atoms with E-state index in [0.29, 0.717) is 21.5 Å². The highest BCUT2D eigenvalue weighted by atomic mass is 35.5. The molecular formula is C23H19Cl2NO3S.